The molecule has 0 amide bonds. The van der Waals surface area contributed by atoms with Crippen LogP contribution in [0, 0.1) is 6.92 Å². The summed E-state index contributed by atoms with van der Waals surface area (Å²) >= 11 is 6.12. The molecule has 27 heavy (non-hydrogen) atoms. The number of aromatic amines is 1. The monoisotopic (exact) mass is 380 g/mol. The fraction of sp³-hybridized carbons (Fsp3) is 0.318. The minimum absolute atomic E-state index is 0.0175. The van der Waals surface area contributed by atoms with Gasteiger partial charge >= 0.3 is 0 Å². The summed E-state index contributed by atoms with van der Waals surface area (Å²) in [6, 6.07) is 13.8. The number of ketones is 1. The third-order valence-corrected chi connectivity index (χ3v) is 6.16. The van der Waals surface area contributed by atoms with Gasteiger partial charge in [-0.1, -0.05) is 41.9 Å². The van der Waals surface area contributed by atoms with Gasteiger partial charge in [-0.3, -0.25) is 4.79 Å². The van der Waals surface area contributed by atoms with E-state index in [1.807, 2.05) is 43.3 Å². The first-order valence-corrected chi connectivity index (χ1v) is 9.77. The maximum atomic E-state index is 13.6. The summed E-state index contributed by atoms with van der Waals surface area (Å²) in [7, 11) is 0. The minimum atomic E-state index is -0.562. The van der Waals surface area contributed by atoms with Gasteiger partial charge in [0.25, 0.3) is 0 Å². The molecule has 5 heteroatoms. The van der Waals surface area contributed by atoms with Gasteiger partial charge < -0.3 is 15.0 Å². The van der Waals surface area contributed by atoms with Crippen LogP contribution in [0.1, 0.15) is 46.1 Å². The van der Waals surface area contributed by atoms with Gasteiger partial charge in [0.05, 0.1) is 5.60 Å². The highest BCUT2D eigenvalue weighted by molar-refractivity contribution is 6.31. The number of carbonyl (C=O) groups is 1. The zero-order chi connectivity index (χ0) is 18.6. The SMILES string of the molecule is Cc1[nH]c2cc(Cl)ccc2c1C(=O)[C@@H]1OC2(CCNCC2)c2ccccc21. The van der Waals surface area contributed by atoms with Crippen LogP contribution in [0.15, 0.2) is 42.5 Å². The Morgan fingerprint density at radius 1 is 1.19 bits per heavy atom. The minimum Gasteiger partial charge on any atom is -0.358 e. The van der Waals surface area contributed by atoms with E-state index in [9.17, 15) is 4.79 Å². The Balaban J connectivity index is 1.61. The quantitative estimate of drug-likeness (QED) is 0.635. The lowest BCUT2D eigenvalue weighted by atomic mass is 9.83. The number of hydrogen-bond donors (Lipinski definition) is 2. The van der Waals surface area contributed by atoms with Crippen molar-refractivity contribution in [3.63, 3.8) is 0 Å². The van der Waals surface area contributed by atoms with E-state index in [1.54, 1.807) is 0 Å². The molecule has 0 unspecified atom stereocenters. The van der Waals surface area contributed by atoms with Crippen molar-refractivity contribution in [2.24, 2.45) is 0 Å². The Labute approximate surface area is 162 Å². The van der Waals surface area contributed by atoms with E-state index in [-0.39, 0.29) is 11.4 Å². The molecule has 4 nitrogen and oxygen atoms in total. The lowest BCUT2D eigenvalue weighted by Crippen LogP contribution is -2.40. The Morgan fingerprint density at radius 2 is 1.96 bits per heavy atom. The van der Waals surface area contributed by atoms with Gasteiger partial charge in [-0.25, -0.2) is 0 Å². The van der Waals surface area contributed by atoms with Gasteiger partial charge in [-0.05, 0) is 56.1 Å². The Morgan fingerprint density at radius 3 is 2.78 bits per heavy atom. The summed E-state index contributed by atoms with van der Waals surface area (Å²) in [5.74, 6) is 0.0175. The average Bonchev–Trinajstić information content (AvgIpc) is 3.16. The topological polar surface area (TPSA) is 54.1 Å². The molecule has 2 N–H and O–H groups in total. The molecule has 1 aromatic heterocycles. The van der Waals surface area contributed by atoms with Crippen LogP contribution in [0.2, 0.25) is 5.02 Å². The van der Waals surface area contributed by atoms with Crippen molar-refractivity contribution in [1.29, 1.82) is 0 Å². The number of benzene rings is 2. The molecule has 1 atom stereocenters. The Bertz CT molecular complexity index is 1050. The molecule has 3 aromatic rings. The van der Waals surface area contributed by atoms with Gasteiger partial charge in [-0.2, -0.15) is 0 Å². The molecular weight excluding hydrogens is 360 g/mol. The fourth-order valence-electron chi connectivity index (χ4n) is 4.66. The van der Waals surface area contributed by atoms with Gasteiger partial charge in [0.1, 0.15) is 6.10 Å². The van der Waals surface area contributed by atoms with Crippen molar-refractivity contribution in [1.82, 2.24) is 10.3 Å². The summed E-state index contributed by atoms with van der Waals surface area (Å²) in [6.45, 7) is 3.74. The summed E-state index contributed by atoms with van der Waals surface area (Å²) in [6.07, 6.45) is 1.21. The van der Waals surface area contributed by atoms with E-state index < -0.39 is 6.10 Å². The highest BCUT2D eigenvalue weighted by Crippen LogP contribution is 2.49. The second-order valence-electron chi connectivity index (χ2n) is 7.51. The number of nitrogens with one attached hydrogen (secondary N) is 2. The number of H-pyrrole nitrogens is 1. The van der Waals surface area contributed by atoms with Gasteiger partial charge in [0, 0.05) is 27.2 Å². The van der Waals surface area contributed by atoms with Crippen molar-refractivity contribution in [2.45, 2.75) is 31.5 Å². The van der Waals surface area contributed by atoms with Crippen LogP contribution in [-0.4, -0.2) is 23.9 Å². The smallest absolute Gasteiger partial charge is 0.198 e. The number of aryl methyl sites for hydroxylation is 1. The summed E-state index contributed by atoms with van der Waals surface area (Å²) < 4.78 is 6.54. The molecule has 2 aliphatic rings. The predicted octanol–water partition coefficient (Wildman–Crippen LogP) is 4.66. The van der Waals surface area contributed by atoms with Crippen molar-refractivity contribution in [2.75, 3.05) is 13.1 Å². The molecule has 3 heterocycles. The number of aromatic nitrogens is 1. The molecular formula is C22H21ClN2O2. The van der Waals surface area contributed by atoms with Crippen LogP contribution in [0.25, 0.3) is 10.9 Å². The predicted molar refractivity (Wildman–Crippen MR) is 106 cm³/mol. The normalized spacial score (nSPS) is 20.9. The highest BCUT2D eigenvalue weighted by Gasteiger charge is 2.48. The van der Waals surface area contributed by atoms with E-state index in [1.165, 1.54) is 5.56 Å². The second-order valence-corrected chi connectivity index (χ2v) is 7.95. The van der Waals surface area contributed by atoms with Crippen molar-refractivity contribution in [3.05, 3.63) is 69.9 Å². The van der Waals surface area contributed by atoms with Crippen LogP contribution in [0.4, 0.5) is 0 Å². The van der Waals surface area contributed by atoms with E-state index in [0.29, 0.717) is 10.6 Å². The molecule has 0 saturated carbocycles. The third kappa shape index (κ3) is 2.55. The number of ether oxygens (including phenoxy) is 1. The maximum absolute atomic E-state index is 13.6. The standard InChI is InChI=1S/C22H21ClN2O2/c1-13-19(16-7-6-14(23)12-18(16)25-13)20(26)21-15-4-2-3-5-17(15)22(27-21)8-10-24-11-9-22/h2-7,12,21,24-25H,8-11H2,1H3/t21-/m1/s1. The van der Waals surface area contributed by atoms with Crippen molar-refractivity contribution >= 4 is 28.3 Å². The Kier molecular flexibility index (Phi) is 3.90. The van der Waals surface area contributed by atoms with Crippen LogP contribution in [-0.2, 0) is 10.3 Å². The van der Waals surface area contributed by atoms with Gasteiger partial charge in [-0.15, -0.1) is 0 Å². The van der Waals surface area contributed by atoms with Crippen LogP contribution in [0.3, 0.4) is 0 Å². The molecule has 0 bridgehead atoms. The van der Waals surface area contributed by atoms with Gasteiger partial charge in [0.15, 0.2) is 5.78 Å². The van der Waals surface area contributed by atoms with E-state index in [4.69, 9.17) is 16.3 Å². The lowest BCUT2D eigenvalue weighted by molar-refractivity contribution is -0.0806. The largest absolute Gasteiger partial charge is 0.358 e. The number of Topliss-reactive ketones (excluding diaryl/α,β-unsaturated/α-hetero) is 1. The first kappa shape index (κ1) is 17.0. The molecule has 1 fully saturated rings. The van der Waals surface area contributed by atoms with E-state index in [2.05, 4.69) is 16.4 Å². The maximum Gasteiger partial charge on any atom is 0.198 e. The molecule has 138 valence electrons. The number of rotatable bonds is 2. The molecule has 1 saturated heterocycles. The summed E-state index contributed by atoms with van der Waals surface area (Å²) in [4.78, 5) is 16.9. The number of halogens is 1. The third-order valence-electron chi connectivity index (χ3n) is 5.92. The van der Waals surface area contributed by atoms with E-state index >= 15 is 0 Å². The van der Waals surface area contributed by atoms with Crippen LogP contribution < -0.4 is 5.32 Å². The first-order chi connectivity index (χ1) is 13.1. The second kappa shape index (κ2) is 6.20. The highest BCUT2D eigenvalue weighted by atomic mass is 35.5. The van der Waals surface area contributed by atoms with Crippen LogP contribution >= 0.6 is 11.6 Å². The van der Waals surface area contributed by atoms with Crippen LogP contribution in [0.5, 0.6) is 0 Å². The average molecular weight is 381 g/mol. The molecule has 2 aromatic carbocycles. The number of carbonyl (C=O) groups excluding carboxylic acids is 1. The molecule has 0 radical (unpaired) electrons. The molecule has 1 spiro atoms. The zero-order valence-corrected chi connectivity index (χ0v) is 15.9. The molecule has 2 aliphatic heterocycles. The van der Waals surface area contributed by atoms with Gasteiger partial charge in [0.2, 0.25) is 0 Å². The zero-order valence-electron chi connectivity index (χ0n) is 15.1. The number of fused-ring (bicyclic) bond motifs is 3. The molecule has 5 rings (SSSR count). The first-order valence-electron chi connectivity index (χ1n) is 9.39. The summed E-state index contributed by atoms with van der Waals surface area (Å²) in [5.41, 5.74) is 4.26. The Hall–Kier alpha value is -2.14. The summed E-state index contributed by atoms with van der Waals surface area (Å²) in [5, 5.41) is 4.94. The van der Waals surface area contributed by atoms with Crippen molar-refractivity contribution < 1.29 is 9.53 Å². The molecule has 0 aliphatic carbocycles. The lowest BCUT2D eigenvalue weighted by Gasteiger charge is -2.34. The van der Waals surface area contributed by atoms with E-state index in [0.717, 1.165) is 48.1 Å². The number of piperidine rings is 1. The number of hydrogen-bond acceptors (Lipinski definition) is 3. The fourth-order valence-corrected chi connectivity index (χ4v) is 4.83. The van der Waals surface area contributed by atoms with Crippen molar-refractivity contribution in [3.8, 4) is 0 Å².